The lowest BCUT2D eigenvalue weighted by Crippen LogP contribution is -2.53. The van der Waals surface area contributed by atoms with Gasteiger partial charge in [-0.25, -0.2) is 13.2 Å². The van der Waals surface area contributed by atoms with Crippen LogP contribution in [0.1, 0.15) is 336 Å². The van der Waals surface area contributed by atoms with Crippen molar-refractivity contribution in [2.45, 2.75) is 371 Å². The number of carbonyl (C=O) groups is 5. The number of hydrogen-bond acceptors (Lipinski definition) is 16. The van der Waals surface area contributed by atoms with Gasteiger partial charge in [-0.2, -0.15) is 58.8 Å². The third kappa shape index (κ3) is 20.7. The summed E-state index contributed by atoms with van der Waals surface area (Å²) < 4.78 is 45.2. The number of Topliss-reactive ketones (excluding diaryl/α,β-unsaturated/α-hetero) is 5. The molecule has 0 aromatic heterocycles. The van der Waals surface area contributed by atoms with E-state index >= 15 is 0 Å². The largest absolute Gasteiger partial charge is 0.387 e. The smallest absolute Gasteiger partial charge is 0.266 e. The fourth-order valence-electron chi connectivity index (χ4n) is 39.9. The van der Waals surface area contributed by atoms with Crippen LogP contribution in [0.15, 0.2) is 0 Å². The second kappa shape index (κ2) is 43.3. The van der Waals surface area contributed by atoms with Gasteiger partial charge in [0.15, 0.2) is 0 Å². The molecule has 21 saturated carbocycles. The minimum absolute atomic E-state index is 0.152. The zero-order valence-corrected chi connectivity index (χ0v) is 90.2. The van der Waals surface area contributed by atoms with E-state index in [1.54, 1.807) is 65.9 Å². The molecule has 0 unspecified atom stereocenters. The van der Waals surface area contributed by atoms with Crippen LogP contribution in [-0.4, -0.2) is 169 Å². The van der Waals surface area contributed by atoms with Crippen LogP contribution in [0.25, 0.3) is 0 Å². The Bertz CT molecular complexity index is 4310. The monoisotopic (exact) mass is 2000 g/mol. The third-order valence-electron chi connectivity index (χ3n) is 46.1. The molecule has 21 aliphatic rings. The molecule has 21 rings (SSSR count). The third-order valence-corrected chi connectivity index (χ3v) is 49.0. The summed E-state index contributed by atoms with van der Waals surface area (Å²) in [7, 11) is 1.71. The van der Waals surface area contributed by atoms with Crippen LogP contribution in [0.2, 0.25) is 0 Å². The first-order valence-corrected chi connectivity index (χ1v) is 63.0. The highest BCUT2D eigenvalue weighted by Crippen LogP contribution is 2.72. The van der Waals surface area contributed by atoms with E-state index in [0.717, 1.165) is 205 Å². The van der Waals surface area contributed by atoms with E-state index in [1.807, 2.05) is 18.8 Å². The standard InChI is InChI=1S/C26H38O2S.C23H33ClO2S.C23H38O3S.C22H34F2O2S.C22H35FO2S/c1-25-12-10-20-19-11-14-26(28,13-9-17-3-4-17)15-18(19)5-6-21(20)22(25)7-8-23(25)24(27)16-29-2;1-22-9-7-17-16-8-10-23(26,11-12-24)13-15(16)3-4-18(17)19(22)5-6-20(22)21(25)14-27-2;1-22-10-8-17-16-9-11-23(25,14-26-2)12-15(16)4-5-18(17)19(22)6-7-20(22)21(24)13-27-3;1-21-9-7-15-14-8-10-22(26,20(23)24)11-13(14)3-4-16(15)17(21)5-6-18(21)19(25)12-27-2;1-21-9-7-16-15-8-10-22(25,13-23)11-14(15)3-4-17(16)18(21)5-6-19(21)20(24)12-26-2/h17-23,28H,3-8,10-12,14-16H2,1-2H3;15-20,26H,3-10,13-14H2,1-2H3;15-20,25H,4-14H2,1-3H3;13-18,20,26H,3-12H2,1-2H3;14-19,25H,3-13H2,1-2H3/t18-,19-,20+,21+,22-,23+,25-,26-;15-,16-,17+,18+,19-,20+,22-,23+;15-,16-,17+,18+,19-,20+,22-,23-;13-,14-,15+,16+,17-,18+,21-,22-;14-,15-,16+,17+,18-,19+,21-,22-/m00000/s1. The van der Waals surface area contributed by atoms with Gasteiger partial charge in [0.1, 0.15) is 52.4 Å². The second-order valence-electron chi connectivity index (χ2n) is 52.0. The molecule has 0 bridgehead atoms. The minimum Gasteiger partial charge on any atom is -0.387 e. The van der Waals surface area contributed by atoms with E-state index in [0.29, 0.717) is 160 Å². The Morgan fingerprint density at radius 3 is 0.868 bits per heavy atom. The van der Waals surface area contributed by atoms with E-state index in [1.165, 1.54) is 154 Å². The summed E-state index contributed by atoms with van der Waals surface area (Å²) in [4.78, 5) is 63.8. The summed E-state index contributed by atoms with van der Waals surface area (Å²) in [6, 6.07) is 0. The van der Waals surface area contributed by atoms with Gasteiger partial charge in [-0.15, -0.1) is 0 Å². The zero-order chi connectivity index (χ0) is 96.6. The Kier molecular flexibility index (Phi) is 33.9. The summed E-state index contributed by atoms with van der Waals surface area (Å²) in [5.41, 5.74) is -3.83. The maximum atomic E-state index is 13.3. The highest BCUT2D eigenvalue weighted by Gasteiger charge is 2.67. The maximum Gasteiger partial charge on any atom is 0.266 e. The molecule has 0 spiro atoms. The predicted molar refractivity (Wildman–Crippen MR) is 553 cm³/mol. The number of ether oxygens (including phenoxy) is 1. The van der Waals surface area contributed by atoms with E-state index in [9.17, 15) is 62.7 Å². The molecule has 0 saturated heterocycles. The molecule has 0 aromatic carbocycles. The van der Waals surface area contributed by atoms with Crippen molar-refractivity contribution in [3.8, 4) is 23.1 Å². The Morgan fingerprint density at radius 1 is 0.324 bits per heavy atom. The van der Waals surface area contributed by atoms with Gasteiger partial charge in [0.05, 0.1) is 46.6 Å². The molecule has 0 aromatic rings. The van der Waals surface area contributed by atoms with Crippen molar-refractivity contribution in [2.24, 2.45) is 211 Å². The number of carbonyl (C=O) groups excluding carboxylic acids is 5. The molecule has 0 radical (unpaired) electrons. The fourth-order valence-corrected chi connectivity index (χ4v) is 42.6. The van der Waals surface area contributed by atoms with Gasteiger partial charge in [-0.3, -0.25) is 24.0 Å². The predicted octanol–water partition coefficient (Wildman–Crippen LogP) is 25.1. The van der Waals surface area contributed by atoms with Crippen LogP contribution in [-0.2, 0) is 28.7 Å². The van der Waals surface area contributed by atoms with Gasteiger partial charge in [-0.05, 0) is 520 Å². The number of thioether (sulfide) groups is 5. The topological polar surface area (TPSA) is 196 Å². The number of alkyl halides is 3. The molecule has 21 fully saturated rings. The van der Waals surface area contributed by atoms with Crippen molar-refractivity contribution in [1.82, 2.24) is 0 Å². The van der Waals surface area contributed by atoms with Crippen LogP contribution in [0.3, 0.4) is 0 Å². The van der Waals surface area contributed by atoms with E-state index < -0.39 is 41.1 Å². The number of hydrogen-bond donors (Lipinski definition) is 5. The van der Waals surface area contributed by atoms with Crippen molar-refractivity contribution in [3.05, 3.63) is 0 Å². The lowest BCUT2D eigenvalue weighted by Gasteiger charge is -2.57. The van der Waals surface area contributed by atoms with Crippen molar-refractivity contribution < 1.29 is 67.4 Å². The zero-order valence-electron chi connectivity index (χ0n) is 85.4. The summed E-state index contributed by atoms with van der Waals surface area (Å²) in [6.07, 6.45) is 58.5. The molecule has 5 N–H and O–H groups in total. The molecule has 0 amide bonds. The first-order chi connectivity index (χ1) is 65.0. The first-order valence-electron chi connectivity index (χ1n) is 55.7. The average molecular weight is 2000 g/mol. The quantitative estimate of drug-likeness (QED) is 0.0766. The van der Waals surface area contributed by atoms with Gasteiger partial charge in [-0.1, -0.05) is 52.4 Å². The van der Waals surface area contributed by atoms with Gasteiger partial charge < -0.3 is 30.3 Å². The molecule has 0 aliphatic heterocycles. The number of halogens is 4. The van der Waals surface area contributed by atoms with Gasteiger partial charge in [0.25, 0.3) is 6.43 Å². The van der Waals surface area contributed by atoms with Crippen molar-refractivity contribution in [3.63, 3.8) is 0 Å². The highest BCUT2D eigenvalue weighted by molar-refractivity contribution is 8.00. The Hall–Kier alpha value is -0.940. The average Bonchev–Trinajstić information content (AvgIpc) is 1.66. The van der Waals surface area contributed by atoms with Crippen molar-refractivity contribution in [1.29, 1.82) is 0 Å². The van der Waals surface area contributed by atoms with Crippen molar-refractivity contribution in [2.75, 3.05) is 80.4 Å². The second-order valence-corrected chi connectivity index (χ2v) is 56.5. The van der Waals surface area contributed by atoms with E-state index in [-0.39, 0.29) is 57.7 Å². The molecule has 11 nitrogen and oxygen atoms in total. The van der Waals surface area contributed by atoms with Gasteiger partial charge >= 0.3 is 0 Å². The van der Waals surface area contributed by atoms with Gasteiger partial charge in [0.2, 0.25) is 0 Å². The van der Waals surface area contributed by atoms with E-state index in [4.69, 9.17) is 16.3 Å². The molecule has 20 heteroatoms. The number of ketones is 5. The first kappa shape index (κ1) is 106. The molecule has 40 atom stereocenters. The van der Waals surface area contributed by atoms with Gasteiger partial charge in [0, 0.05) is 48.0 Å². The SMILES string of the molecule is COC[C@]1(O)CC[C@H]2[C@@H](CC[C@@H]3[C@@H]2CC[C@]2(C)[C@@H](C(=O)CSC)CC[C@@H]32)C1.CSCC(=O)[C@H]1CC[C@H]2[C@@H]3CC[C@H]4C[C@](O)(C#CC5CC5)CC[C@@H]4[C@H]3CC[C@]12C.CSCC(=O)[C@H]1CC[C@H]2[C@@H]3CC[C@H]4C[C@](O)(C#CCl)CC[C@@H]4[C@H]3CC[C@]12C.CSCC(=O)[C@H]1CC[C@H]2[C@@H]3CC[C@H]4C[C@](O)(C(F)F)CC[C@@H]4[C@H]3CC[C@]12C.CSCC(=O)[C@H]1CC[C@H]2[C@@H]3CC[C@H]4C[C@](O)(CF)CC[C@@H]4[C@H]3CC[C@]12C. The Balaban J connectivity index is 0.000000118. The summed E-state index contributed by atoms with van der Waals surface area (Å²) in [5, 5.41) is 55.9. The highest BCUT2D eigenvalue weighted by atomic mass is 35.5. The molecule has 0 heterocycles. The number of fused-ring (bicyclic) bond motifs is 25. The fraction of sp³-hybridized carbons (Fsp3) is 0.922. The normalized spacial score (nSPS) is 49.3. The molecular formula is C116H178ClF3O11S5. The summed E-state index contributed by atoms with van der Waals surface area (Å²) in [6.45, 7) is 12.0. The number of aliphatic hydroxyl groups is 5. The maximum absolute atomic E-state index is 13.3. The lowest BCUT2D eigenvalue weighted by atomic mass is 9.49. The van der Waals surface area contributed by atoms with Crippen LogP contribution in [0.5, 0.6) is 0 Å². The van der Waals surface area contributed by atoms with Crippen LogP contribution in [0, 0.1) is 234 Å². The number of rotatable bonds is 19. The lowest BCUT2D eigenvalue weighted by molar-refractivity contribution is -0.160. The van der Waals surface area contributed by atoms with E-state index in [2.05, 4.69) is 70.3 Å². The molecular weight excluding hydrogens is 1820 g/mol. The van der Waals surface area contributed by atoms with Crippen LogP contribution in [0.4, 0.5) is 13.2 Å². The van der Waals surface area contributed by atoms with Crippen molar-refractivity contribution >= 4 is 99.3 Å². The minimum atomic E-state index is -2.62. The Morgan fingerprint density at radius 2 is 0.588 bits per heavy atom. The molecule has 21 aliphatic carbocycles. The van der Waals surface area contributed by atoms with Crippen LogP contribution < -0.4 is 0 Å². The summed E-state index contributed by atoms with van der Waals surface area (Å²) >= 11 is 14.0. The Labute approximate surface area is 845 Å². The molecule has 136 heavy (non-hydrogen) atoms. The summed E-state index contributed by atoms with van der Waals surface area (Å²) in [5.74, 6) is 34.9. The molecule has 766 valence electrons. The van der Waals surface area contributed by atoms with Crippen LogP contribution >= 0.6 is 70.4 Å². The number of methoxy groups -OCH3 is 1.